The lowest BCUT2D eigenvalue weighted by molar-refractivity contribution is -0.143. The van der Waals surface area contributed by atoms with E-state index in [1.54, 1.807) is 0 Å². The van der Waals surface area contributed by atoms with Crippen molar-refractivity contribution in [2.45, 2.75) is 31.6 Å². The Morgan fingerprint density at radius 3 is 2.52 bits per heavy atom. The molecule has 5 nitrogen and oxygen atoms in total. The van der Waals surface area contributed by atoms with Gasteiger partial charge in [-0.2, -0.15) is 0 Å². The SMILES string of the molecule is COc1ccc(S(=O)(=O)Cl)cc1CC(=O)OCCC(C)C. The van der Waals surface area contributed by atoms with Crippen LogP contribution in [0.15, 0.2) is 23.1 Å². The van der Waals surface area contributed by atoms with Gasteiger partial charge in [0.15, 0.2) is 0 Å². The van der Waals surface area contributed by atoms with Crippen LogP contribution in [0.4, 0.5) is 0 Å². The summed E-state index contributed by atoms with van der Waals surface area (Å²) in [6.07, 6.45) is 0.709. The van der Waals surface area contributed by atoms with Gasteiger partial charge in [0.05, 0.1) is 25.0 Å². The van der Waals surface area contributed by atoms with Crippen LogP contribution >= 0.6 is 10.7 Å². The molecule has 0 spiro atoms. The van der Waals surface area contributed by atoms with Crippen molar-refractivity contribution >= 4 is 25.7 Å². The first-order valence-corrected chi connectivity index (χ1v) is 8.82. The number of benzene rings is 1. The van der Waals surface area contributed by atoms with Crippen LogP contribution < -0.4 is 4.74 Å². The minimum atomic E-state index is -3.85. The predicted octanol–water partition coefficient (Wildman–Crippen LogP) is 2.75. The molecule has 0 N–H and O–H groups in total. The van der Waals surface area contributed by atoms with E-state index in [0.29, 0.717) is 23.8 Å². The Morgan fingerprint density at radius 2 is 2.00 bits per heavy atom. The standard InChI is InChI=1S/C14H19ClO5S/c1-10(2)6-7-20-14(16)9-11-8-12(21(15,17)18)4-5-13(11)19-3/h4-5,8,10H,6-7,9H2,1-3H3. The third-order valence-corrected chi connectivity index (χ3v) is 4.18. The molecular weight excluding hydrogens is 316 g/mol. The van der Waals surface area contributed by atoms with Crippen molar-refractivity contribution in [3.63, 3.8) is 0 Å². The van der Waals surface area contributed by atoms with E-state index >= 15 is 0 Å². The highest BCUT2D eigenvalue weighted by Crippen LogP contribution is 2.25. The molecule has 0 aliphatic heterocycles. The molecule has 0 bridgehead atoms. The number of hydrogen-bond acceptors (Lipinski definition) is 5. The highest BCUT2D eigenvalue weighted by atomic mass is 35.7. The minimum absolute atomic E-state index is 0.0679. The van der Waals surface area contributed by atoms with Gasteiger partial charge in [0.2, 0.25) is 0 Å². The first-order valence-electron chi connectivity index (χ1n) is 6.51. The van der Waals surface area contributed by atoms with Crippen LogP contribution in [0.25, 0.3) is 0 Å². The summed E-state index contributed by atoms with van der Waals surface area (Å²) in [6, 6.07) is 4.12. The van der Waals surface area contributed by atoms with Crippen molar-refractivity contribution in [2.75, 3.05) is 13.7 Å². The average molecular weight is 335 g/mol. The molecule has 0 aliphatic carbocycles. The fourth-order valence-corrected chi connectivity index (χ4v) is 2.46. The molecule has 0 amide bonds. The zero-order valence-electron chi connectivity index (χ0n) is 12.3. The number of esters is 1. The number of hydrogen-bond donors (Lipinski definition) is 0. The van der Waals surface area contributed by atoms with Gasteiger partial charge in [0.25, 0.3) is 9.05 Å². The summed E-state index contributed by atoms with van der Waals surface area (Å²) in [4.78, 5) is 11.7. The number of methoxy groups -OCH3 is 1. The van der Waals surface area contributed by atoms with E-state index in [1.807, 2.05) is 13.8 Å². The Hall–Kier alpha value is -1.27. The van der Waals surface area contributed by atoms with Gasteiger partial charge < -0.3 is 9.47 Å². The third-order valence-electron chi connectivity index (χ3n) is 2.83. The van der Waals surface area contributed by atoms with Gasteiger partial charge in [0.1, 0.15) is 5.75 Å². The lowest BCUT2D eigenvalue weighted by Gasteiger charge is -2.10. The molecule has 0 fully saturated rings. The first-order chi connectivity index (χ1) is 9.74. The van der Waals surface area contributed by atoms with E-state index in [4.69, 9.17) is 20.2 Å². The molecule has 0 radical (unpaired) electrons. The summed E-state index contributed by atoms with van der Waals surface area (Å²) in [5, 5.41) is 0. The van der Waals surface area contributed by atoms with Gasteiger partial charge in [-0.3, -0.25) is 4.79 Å². The summed E-state index contributed by atoms with van der Waals surface area (Å²) >= 11 is 0. The second-order valence-corrected chi connectivity index (χ2v) is 7.56. The third kappa shape index (κ3) is 5.93. The molecule has 21 heavy (non-hydrogen) atoms. The van der Waals surface area contributed by atoms with Crippen molar-refractivity contribution in [1.82, 2.24) is 0 Å². The molecule has 0 saturated carbocycles. The van der Waals surface area contributed by atoms with Gasteiger partial charge in [-0.05, 0) is 30.5 Å². The largest absolute Gasteiger partial charge is 0.496 e. The molecule has 0 aromatic heterocycles. The maximum Gasteiger partial charge on any atom is 0.310 e. The molecule has 7 heteroatoms. The zero-order chi connectivity index (χ0) is 16.0. The Balaban J connectivity index is 2.83. The molecule has 1 rings (SSSR count). The summed E-state index contributed by atoms with van der Waals surface area (Å²) < 4.78 is 32.9. The fourth-order valence-electron chi connectivity index (χ4n) is 1.66. The average Bonchev–Trinajstić information content (AvgIpc) is 2.37. The van der Waals surface area contributed by atoms with Gasteiger partial charge in [-0.15, -0.1) is 0 Å². The van der Waals surface area contributed by atoms with Gasteiger partial charge in [-0.25, -0.2) is 8.42 Å². The second-order valence-electron chi connectivity index (χ2n) is 4.99. The van der Waals surface area contributed by atoms with E-state index in [1.165, 1.54) is 25.3 Å². The molecule has 0 atom stereocenters. The molecule has 1 aromatic rings. The topological polar surface area (TPSA) is 69.7 Å². The van der Waals surface area contributed by atoms with E-state index in [9.17, 15) is 13.2 Å². The number of carbonyl (C=O) groups is 1. The van der Waals surface area contributed by atoms with Crippen LogP contribution in [0.3, 0.4) is 0 Å². The summed E-state index contributed by atoms with van der Waals surface area (Å²) in [5.74, 6) is 0.426. The van der Waals surface area contributed by atoms with Crippen molar-refractivity contribution < 1.29 is 22.7 Å². The quantitative estimate of drug-likeness (QED) is 0.566. The van der Waals surface area contributed by atoms with Crippen molar-refractivity contribution in [2.24, 2.45) is 5.92 Å². The number of rotatable bonds is 7. The molecule has 0 heterocycles. The number of halogens is 1. The normalized spacial score (nSPS) is 11.5. The van der Waals surface area contributed by atoms with Gasteiger partial charge in [-0.1, -0.05) is 13.8 Å². The molecule has 118 valence electrons. The Kier molecular flexibility index (Phi) is 6.48. The van der Waals surface area contributed by atoms with Crippen LogP contribution in [0.1, 0.15) is 25.8 Å². The van der Waals surface area contributed by atoms with Crippen LogP contribution in [0.5, 0.6) is 5.75 Å². The second kappa shape index (κ2) is 7.66. The zero-order valence-corrected chi connectivity index (χ0v) is 13.8. The first kappa shape index (κ1) is 17.8. The summed E-state index contributed by atoms with van der Waals surface area (Å²) in [5.41, 5.74) is 0.425. The maximum absolute atomic E-state index is 11.8. The molecule has 0 unspecified atom stereocenters. The monoisotopic (exact) mass is 334 g/mol. The van der Waals surface area contributed by atoms with E-state index in [2.05, 4.69) is 0 Å². The number of ether oxygens (including phenoxy) is 2. The van der Waals surface area contributed by atoms with Crippen LogP contribution in [0, 0.1) is 5.92 Å². The van der Waals surface area contributed by atoms with E-state index < -0.39 is 15.0 Å². The highest BCUT2D eigenvalue weighted by molar-refractivity contribution is 8.13. The maximum atomic E-state index is 11.8. The Bertz CT molecular complexity index is 595. The summed E-state index contributed by atoms with van der Waals surface area (Å²) in [7, 11) is 2.89. The van der Waals surface area contributed by atoms with Crippen LogP contribution in [0.2, 0.25) is 0 Å². The minimum Gasteiger partial charge on any atom is -0.496 e. The van der Waals surface area contributed by atoms with E-state index in [0.717, 1.165) is 6.42 Å². The van der Waals surface area contributed by atoms with Gasteiger partial charge in [0, 0.05) is 16.2 Å². The van der Waals surface area contributed by atoms with E-state index in [-0.39, 0.29) is 11.3 Å². The predicted molar refractivity (Wildman–Crippen MR) is 80.2 cm³/mol. The molecule has 0 aliphatic rings. The fraction of sp³-hybridized carbons (Fsp3) is 0.500. The molecule has 0 saturated heterocycles. The van der Waals surface area contributed by atoms with Crippen LogP contribution in [-0.4, -0.2) is 28.1 Å². The van der Waals surface area contributed by atoms with Crippen molar-refractivity contribution in [3.05, 3.63) is 23.8 Å². The smallest absolute Gasteiger partial charge is 0.310 e. The molecular formula is C14H19ClO5S. The summed E-state index contributed by atoms with van der Waals surface area (Å²) in [6.45, 7) is 4.41. The lowest BCUT2D eigenvalue weighted by Crippen LogP contribution is -2.11. The number of carbonyl (C=O) groups excluding carboxylic acids is 1. The van der Waals surface area contributed by atoms with Crippen molar-refractivity contribution in [3.8, 4) is 5.75 Å². The van der Waals surface area contributed by atoms with Crippen LogP contribution in [-0.2, 0) is 25.0 Å². The van der Waals surface area contributed by atoms with Gasteiger partial charge >= 0.3 is 5.97 Å². The highest BCUT2D eigenvalue weighted by Gasteiger charge is 2.16. The van der Waals surface area contributed by atoms with Crippen molar-refractivity contribution in [1.29, 1.82) is 0 Å². The Labute approximate surface area is 129 Å². The Morgan fingerprint density at radius 1 is 1.33 bits per heavy atom. The lowest BCUT2D eigenvalue weighted by atomic mass is 10.1. The molecule has 1 aromatic carbocycles.